The largest absolute Gasteiger partial charge is 0.262 e. The molecule has 0 unspecified atom stereocenters. The van der Waals surface area contributed by atoms with E-state index in [2.05, 4.69) is 0 Å². The maximum Gasteiger partial charge on any atom is 0.262 e. The summed E-state index contributed by atoms with van der Waals surface area (Å²) in [5.41, 5.74) is 1.61. The summed E-state index contributed by atoms with van der Waals surface area (Å²) in [5, 5.41) is 8.85. The Morgan fingerprint density at radius 2 is 2.07 bits per heavy atom. The fourth-order valence-corrected chi connectivity index (χ4v) is 2.47. The number of nitrogens with zero attached hydrogens (tertiary/aromatic N) is 1. The van der Waals surface area contributed by atoms with Crippen LogP contribution in [0.2, 0.25) is 0 Å². The molecule has 0 N–H and O–H groups in total. The van der Waals surface area contributed by atoms with Crippen LogP contribution in [0.3, 0.4) is 0 Å². The molecule has 0 amide bonds. The van der Waals surface area contributed by atoms with Gasteiger partial charge in [0.15, 0.2) is 0 Å². The van der Waals surface area contributed by atoms with Gasteiger partial charge < -0.3 is 0 Å². The minimum atomic E-state index is -3.85. The van der Waals surface area contributed by atoms with Gasteiger partial charge >= 0.3 is 0 Å². The second-order valence-electron chi connectivity index (χ2n) is 3.19. The van der Waals surface area contributed by atoms with E-state index in [1.165, 1.54) is 6.07 Å². The van der Waals surface area contributed by atoms with Gasteiger partial charge in [0.1, 0.15) is 11.0 Å². The van der Waals surface area contributed by atoms with Crippen LogP contribution in [0, 0.1) is 18.3 Å². The number of nitriles is 1. The van der Waals surface area contributed by atoms with E-state index in [4.69, 9.17) is 15.9 Å². The molecule has 0 heterocycles. The highest BCUT2D eigenvalue weighted by molar-refractivity contribution is 8.13. The SMILES string of the molecule is CCc1cc(C)c(C#N)c(S(=O)(=O)Cl)c1. The highest BCUT2D eigenvalue weighted by Gasteiger charge is 2.18. The molecule has 1 aromatic rings. The summed E-state index contributed by atoms with van der Waals surface area (Å²) in [7, 11) is 1.41. The van der Waals surface area contributed by atoms with E-state index in [1.807, 2.05) is 13.0 Å². The first-order chi connectivity index (χ1) is 6.90. The third-order valence-electron chi connectivity index (χ3n) is 2.14. The molecule has 1 aromatic carbocycles. The summed E-state index contributed by atoms with van der Waals surface area (Å²) in [6.45, 7) is 3.61. The normalized spacial score (nSPS) is 11.1. The number of aryl methyl sites for hydroxylation is 2. The minimum Gasteiger partial charge on any atom is -0.207 e. The highest BCUT2D eigenvalue weighted by Crippen LogP contribution is 2.24. The van der Waals surface area contributed by atoms with Crippen molar-refractivity contribution in [2.24, 2.45) is 0 Å². The lowest BCUT2D eigenvalue weighted by molar-refractivity contribution is 0.609. The average Bonchev–Trinajstić information content (AvgIpc) is 2.15. The van der Waals surface area contributed by atoms with E-state index < -0.39 is 9.05 Å². The van der Waals surface area contributed by atoms with Crippen LogP contribution in [0.1, 0.15) is 23.6 Å². The third kappa shape index (κ3) is 2.49. The predicted molar refractivity (Wildman–Crippen MR) is 58.3 cm³/mol. The second-order valence-corrected chi connectivity index (χ2v) is 5.72. The fraction of sp³-hybridized carbons (Fsp3) is 0.300. The summed E-state index contributed by atoms with van der Waals surface area (Å²) >= 11 is 0. The molecule has 0 fully saturated rings. The smallest absolute Gasteiger partial charge is 0.207 e. The van der Waals surface area contributed by atoms with E-state index in [1.54, 1.807) is 13.0 Å². The zero-order valence-electron chi connectivity index (χ0n) is 8.41. The van der Waals surface area contributed by atoms with Gasteiger partial charge in [-0.1, -0.05) is 13.0 Å². The zero-order chi connectivity index (χ0) is 11.6. The molecule has 15 heavy (non-hydrogen) atoms. The first kappa shape index (κ1) is 12.0. The Hall–Kier alpha value is -1.05. The Morgan fingerprint density at radius 1 is 1.47 bits per heavy atom. The van der Waals surface area contributed by atoms with Gasteiger partial charge in [0.2, 0.25) is 0 Å². The average molecular weight is 244 g/mol. The van der Waals surface area contributed by atoms with E-state index in [9.17, 15) is 8.42 Å². The van der Waals surface area contributed by atoms with Gasteiger partial charge in [0, 0.05) is 10.7 Å². The fourth-order valence-electron chi connectivity index (χ4n) is 1.37. The maximum absolute atomic E-state index is 11.2. The summed E-state index contributed by atoms with van der Waals surface area (Å²) in [6.07, 6.45) is 0.700. The van der Waals surface area contributed by atoms with Gasteiger partial charge in [0.05, 0.1) is 5.56 Å². The van der Waals surface area contributed by atoms with E-state index >= 15 is 0 Å². The van der Waals surface area contributed by atoms with Crippen LogP contribution in [0.5, 0.6) is 0 Å². The molecule has 0 radical (unpaired) electrons. The van der Waals surface area contributed by atoms with Crippen LogP contribution < -0.4 is 0 Å². The molecule has 0 saturated heterocycles. The van der Waals surface area contributed by atoms with Crippen LogP contribution in [-0.4, -0.2) is 8.42 Å². The molecule has 0 atom stereocenters. The summed E-state index contributed by atoms with van der Waals surface area (Å²) in [5.74, 6) is 0. The molecule has 0 spiro atoms. The Kier molecular flexibility index (Phi) is 3.38. The van der Waals surface area contributed by atoms with Crippen molar-refractivity contribution in [2.45, 2.75) is 25.2 Å². The van der Waals surface area contributed by atoms with E-state index in [-0.39, 0.29) is 10.5 Å². The van der Waals surface area contributed by atoms with Gasteiger partial charge in [0.25, 0.3) is 9.05 Å². The topological polar surface area (TPSA) is 57.9 Å². The second kappa shape index (κ2) is 4.21. The van der Waals surface area contributed by atoms with Crippen molar-refractivity contribution in [1.82, 2.24) is 0 Å². The molecular formula is C10H10ClNO2S. The van der Waals surface area contributed by atoms with Gasteiger partial charge in [-0.15, -0.1) is 0 Å². The standard InChI is InChI=1S/C10H10ClNO2S/c1-3-8-4-7(2)9(6-12)10(5-8)15(11,13)14/h4-5H,3H2,1-2H3. The lowest BCUT2D eigenvalue weighted by atomic mass is 10.0. The Labute approximate surface area is 93.7 Å². The van der Waals surface area contributed by atoms with Crippen molar-refractivity contribution in [3.63, 3.8) is 0 Å². The molecule has 0 aliphatic heterocycles. The predicted octanol–water partition coefficient (Wildman–Crippen LogP) is 2.36. The third-order valence-corrected chi connectivity index (χ3v) is 3.49. The van der Waals surface area contributed by atoms with Crippen LogP contribution in [0.4, 0.5) is 0 Å². The summed E-state index contributed by atoms with van der Waals surface area (Å²) in [6, 6.07) is 5.11. The van der Waals surface area contributed by atoms with Crippen molar-refractivity contribution < 1.29 is 8.42 Å². The number of halogens is 1. The number of rotatable bonds is 2. The molecule has 80 valence electrons. The summed E-state index contributed by atoms with van der Waals surface area (Å²) < 4.78 is 22.5. The lowest BCUT2D eigenvalue weighted by Crippen LogP contribution is -1.99. The molecule has 0 aliphatic rings. The number of hydrogen-bond donors (Lipinski definition) is 0. The first-order valence-electron chi connectivity index (χ1n) is 4.38. The van der Waals surface area contributed by atoms with Gasteiger partial charge in [-0.25, -0.2) is 8.42 Å². The molecular weight excluding hydrogens is 234 g/mol. The molecule has 5 heteroatoms. The molecule has 0 saturated carbocycles. The van der Waals surface area contributed by atoms with Crippen molar-refractivity contribution in [2.75, 3.05) is 0 Å². The number of benzene rings is 1. The Bertz CT molecular complexity index is 529. The highest BCUT2D eigenvalue weighted by atomic mass is 35.7. The zero-order valence-corrected chi connectivity index (χ0v) is 9.98. The lowest BCUT2D eigenvalue weighted by Gasteiger charge is -2.06. The van der Waals surface area contributed by atoms with Crippen molar-refractivity contribution in [3.05, 3.63) is 28.8 Å². The number of hydrogen-bond acceptors (Lipinski definition) is 3. The first-order valence-corrected chi connectivity index (χ1v) is 6.69. The van der Waals surface area contributed by atoms with Crippen LogP contribution >= 0.6 is 10.7 Å². The van der Waals surface area contributed by atoms with Crippen LogP contribution in [0.25, 0.3) is 0 Å². The van der Waals surface area contributed by atoms with Gasteiger partial charge in [-0.3, -0.25) is 0 Å². The minimum absolute atomic E-state index is 0.0940. The molecule has 0 bridgehead atoms. The van der Waals surface area contributed by atoms with Crippen molar-refractivity contribution in [1.29, 1.82) is 5.26 Å². The Balaban J connectivity index is 3.63. The Morgan fingerprint density at radius 3 is 2.47 bits per heavy atom. The van der Waals surface area contributed by atoms with Crippen LogP contribution in [-0.2, 0) is 15.5 Å². The van der Waals surface area contributed by atoms with Gasteiger partial charge in [-0.2, -0.15) is 5.26 Å². The molecule has 0 aliphatic carbocycles. The van der Waals surface area contributed by atoms with Gasteiger partial charge in [-0.05, 0) is 30.5 Å². The molecule has 3 nitrogen and oxygen atoms in total. The quantitative estimate of drug-likeness (QED) is 0.750. The van der Waals surface area contributed by atoms with E-state index in [0.29, 0.717) is 12.0 Å². The van der Waals surface area contributed by atoms with Crippen molar-refractivity contribution >= 4 is 19.7 Å². The maximum atomic E-state index is 11.2. The van der Waals surface area contributed by atoms with Crippen molar-refractivity contribution in [3.8, 4) is 6.07 Å². The summed E-state index contributed by atoms with van der Waals surface area (Å²) in [4.78, 5) is -0.0940. The van der Waals surface area contributed by atoms with E-state index in [0.717, 1.165) is 5.56 Å². The van der Waals surface area contributed by atoms with Crippen LogP contribution in [0.15, 0.2) is 17.0 Å². The molecule has 0 aromatic heterocycles. The monoisotopic (exact) mass is 243 g/mol. The molecule has 1 rings (SSSR count).